The lowest BCUT2D eigenvalue weighted by atomic mass is 10.0. The van der Waals surface area contributed by atoms with Crippen LogP contribution in [0.3, 0.4) is 0 Å². The van der Waals surface area contributed by atoms with E-state index in [0.29, 0.717) is 22.2 Å². The van der Waals surface area contributed by atoms with Crippen molar-refractivity contribution in [3.05, 3.63) is 72.1 Å². The summed E-state index contributed by atoms with van der Waals surface area (Å²) in [6.07, 6.45) is 3.92. The smallest absolute Gasteiger partial charge is 0.276 e. The molecule has 0 unspecified atom stereocenters. The highest BCUT2D eigenvalue weighted by Gasteiger charge is 2.18. The second kappa shape index (κ2) is 7.79. The molecule has 2 aromatic heterocycles. The number of rotatable bonds is 4. The van der Waals surface area contributed by atoms with Crippen molar-refractivity contribution in [2.24, 2.45) is 0 Å². The van der Waals surface area contributed by atoms with Crippen LogP contribution < -0.4 is 10.2 Å². The number of hydrogen-bond acceptors (Lipinski definition) is 4. The molecule has 0 radical (unpaired) electrons. The molecule has 31 heavy (non-hydrogen) atoms. The van der Waals surface area contributed by atoms with Gasteiger partial charge in [0, 0.05) is 42.0 Å². The van der Waals surface area contributed by atoms with E-state index in [2.05, 4.69) is 25.4 Å². The van der Waals surface area contributed by atoms with Gasteiger partial charge in [0.15, 0.2) is 17.3 Å². The zero-order valence-electron chi connectivity index (χ0n) is 16.5. The molecule has 6 nitrogen and oxygen atoms in total. The average Bonchev–Trinajstić information content (AvgIpc) is 3.45. The number of carbonyl (C=O) groups excluding carboxylic acids is 1. The van der Waals surface area contributed by atoms with E-state index in [9.17, 15) is 13.6 Å². The van der Waals surface area contributed by atoms with Crippen LogP contribution in [-0.4, -0.2) is 34.2 Å². The van der Waals surface area contributed by atoms with Gasteiger partial charge in [-0.3, -0.25) is 9.89 Å². The second-order valence-electron chi connectivity index (χ2n) is 7.48. The minimum Gasteiger partial charge on any atom is -0.357 e. The van der Waals surface area contributed by atoms with Crippen LogP contribution in [0.25, 0.3) is 22.0 Å². The van der Waals surface area contributed by atoms with Crippen molar-refractivity contribution in [1.82, 2.24) is 15.2 Å². The molecule has 1 saturated heterocycles. The van der Waals surface area contributed by atoms with Crippen molar-refractivity contribution < 1.29 is 13.6 Å². The molecule has 2 N–H and O–H groups in total. The molecule has 4 aromatic rings. The van der Waals surface area contributed by atoms with Crippen molar-refractivity contribution in [2.75, 3.05) is 23.3 Å². The third kappa shape index (κ3) is 3.61. The Balaban J connectivity index is 1.45. The SMILES string of the molecule is O=C(Nc1ccnc(N2CCCC2)c1)c1n[nH]c2ccc(-c3cccc(F)c3F)cc12. The Morgan fingerprint density at radius 2 is 1.90 bits per heavy atom. The van der Waals surface area contributed by atoms with Crippen LogP contribution in [0.2, 0.25) is 0 Å². The van der Waals surface area contributed by atoms with Gasteiger partial charge in [-0.2, -0.15) is 5.10 Å². The monoisotopic (exact) mass is 419 g/mol. The van der Waals surface area contributed by atoms with Crippen LogP contribution in [-0.2, 0) is 0 Å². The molecule has 0 aliphatic carbocycles. The standard InChI is InChI=1S/C23H19F2N5O/c24-18-5-3-4-16(21(18)25)14-6-7-19-17(12-14)22(29-28-19)23(31)27-15-8-9-26-20(13-15)30-10-1-2-11-30/h3-9,12-13H,1-2,10-11H2,(H,28,29)(H,26,27,31). The van der Waals surface area contributed by atoms with E-state index in [4.69, 9.17) is 0 Å². The van der Waals surface area contributed by atoms with Crippen LogP contribution in [0.1, 0.15) is 23.3 Å². The van der Waals surface area contributed by atoms with Gasteiger partial charge in [0.25, 0.3) is 5.91 Å². The maximum atomic E-state index is 14.2. The van der Waals surface area contributed by atoms with Crippen LogP contribution in [0.4, 0.5) is 20.3 Å². The molecule has 0 spiro atoms. The van der Waals surface area contributed by atoms with E-state index in [1.165, 1.54) is 12.1 Å². The Labute approximate surface area is 176 Å². The summed E-state index contributed by atoms with van der Waals surface area (Å²) in [5.41, 5.74) is 2.00. The number of pyridine rings is 1. The molecular formula is C23H19F2N5O. The van der Waals surface area contributed by atoms with E-state index in [1.54, 1.807) is 30.5 Å². The highest BCUT2D eigenvalue weighted by atomic mass is 19.2. The zero-order chi connectivity index (χ0) is 21.4. The van der Waals surface area contributed by atoms with Crippen LogP contribution >= 0.6 is 0 Å². The molecule has 1 aliphatic rings. The lowest BCUT2D eigenvalue weighted by molar-refractivity contribution is 0.102. The molecule has 2 aromatic carbocycles. The molecule has 5 rings (SSSR count). The summed E-state index contributed by atoms with van der Waals surface area (Å²) in [5.74, 6) is -1.43. The summed E-state index contributed by atoms with van der Waals surface area (Å²) in [7, 11) is 0. The predicted molar refractivity (Wildman–Crippen MR) is 115 cm³/mol. The first-order chi connectivity index (χ1) is 15.1. The molecule has 3 heterocycles. The molecule has 0 bridgehead atoms. The third-order valence-electron chi connectivity index (χ3n) is 5.47. The predicted octanol–water partition coefficient (Wildman–Crippen LogP) is 4.76. The maximum Gasteiger partial charge on any atom is 0.276 e. The van der Waals surface area contributed by atoms with Gasteiger partial charge in [0.2, 0.25) is 0 Å². The molecule has 1 aliphatic heterocycles. The van der Waals surface area contributed by atoms with Crippen molar-refractivity contribution in [3.8, 4) is 11.1 Å². The van der Waals surface area contributed by atoms with Gasteiger partial charge < -0.3 is 10.2 Å². The normalized spacial score (nSPS) is 13.7. The number of H-pyrrole nitrogens is 1. The molecular weight excluding hydrogens is 400 g/mol. The van der Waals surface area contributed by atoms with Gasteiger partial charge >= 0.3 is 0 Å². The highest BCUT2D eigenvalue weighted by molar-refractivity contribution is 6.11. The topological polar surface area (TPSA) is 73.9 Å². The average molecular weight is 419 g/mol. The molecule has 156 valence electrons. The number of carbonyl (C=O) groups is 1. The Morgan fingerprint density at radius 3 is 2.74 bits per heavy atom. The Morgan fingerprint density at radius 1 is 1.06 bits per heavy atom. The number of hydrogen-bond donors (Lipinski definition) is 2. The second-order valence-corrected chi connectivity index (χ2v) is 7.48. The summed E-state index contributed by atoms with van der Waals surface area (Å²) in [6, 6.07) is 12.6. The summed E-state index contributed by atoms with van der Waals surface area (Å²) in [6.45, 7) is 1.90. The van der Waals surface area contributed by atoms with Gasteiger partial charge in [-0.15, -0.1) is 0 Å². The van der Waals surface area contributed by atoms with Gasteiger partial charge in [-0.05, 0) is 42.7 Å². The number of halogens is 2. The summed E-state index contributed by atoms with van der Waals surface area (Å²) < 4.78 is 27.9. The number of nitrogens with one attached hydrogen (secondary N) is 2. The number of aromatic amines is 1. The van der Waals surface area contributed by atoms with Crippen LogP contribution in [0, 0.1) is 11.6 Å². The molecule has 0 atom stereocenters. The first-order valence-electron chi connectivity index (χ1n) is 10.0. The van der Waals surface area contributed by atoms with Crippen molar-refractivity contribution in [3.63, 3.8) is 0 Å². The first kappa shape index (κ1) is 19.2. The van der Waals surface area contributed by atoms with Crippen molar-refractivity contribution in [2.45, 2.75) is 12.8 Å². The number of amides is 1. The first-order valence-corrected chi connectivity index (χ1v) is 10.0. The minimum atomic E-state index is -0.928. The molecule has 8 heteroatoms. The fourth-order valence-electron chi connectivity index (χ4n) is 3.89. The summed E-state index contributed by atoms with van der Waals surface area (Å²) in [5, 5.41) is 10.3. The minimum absolute atomic E-state index is 0.124. The fourth-order valence-corrected chi connectivity index (χ4v) is 3.89. The van der Waals surface area contributed by atoms with Gasteiger partial charge in [-0.1, -0.05) is 18.2 Å². The number of anilines is 2. The molecule has 0 saturated carbocycles. The van der Waals surface area contributed by atoms with E-state index >= 15 is 0 Å². The molecule has 1 amide bonds. The number of benzene rings is 2. The van der Waals surface area contributed by atoms with Gasteiger partial charge in [0.05, 0.1) is 5.52 Å². The molecule has 1 fully saturated rings. The quantitative estimate of drug-likeness (QED) is 0.500. The largest absolute Gasteiger partial charge is 0.357 e. The maximum absolute atomic E-state index is 14.2. The van der Waals surface area contributed by atoms with E-state index in [1.807, 2.05) is 6.07 Å². The Kier molecular flexibility index (Phi) is 4.82. The van der Waals surface area contributed by atoms with Crippen molar-refractivity contribution in [1.29, 1.82) is 0 Å². The van der Waals surface area contributed by atoms with Crippen molar-refractivity contribution >= 4 is 28.3 Å². The number of fused-ring (bicyclic) bond motifs is 1. The Bertz CT molecular complexity index is 1280. The van der Waals surface area contributed by atoms with Crippen LogP contribution in [0.15, 0.2) is 54.7 Å². The number of nitrogens with zero attached hydrogens (tertiary/aromatic N) is 3. The summed E-state index contributed by atoms with van der Waals surface area (Å²) in [4.78, 5) is 19.5. The Hall–Kier alpha value is -3.81. The van der Waals surface area contributed by atoms with Gasteiger partial charge in [-0.25, -0.2) is 13.8 Å². The highest BCUT2D eigenvalue weighted by Crippen LogP contribution is 2.29. The lowest BCUT2D eigenvalue weighted by Crippen LogP contribution is -2.19. The van der Waals surface area contributed by atoms with E-state index in [0.717, 1.165) is 37.8 Å². The fraction of sp³-hybridized carbons (Fsp3) is 0.174. The lowest BCUT2D eigenvalue weighted by Gasteiger charge is -2.16. The van der Waals surface area contributed by atoms with E-state index in [-0.39, 0.29) is 11.3 Å². The third-order valence-corrected chi connectivity index (χ3v) is 5.47. The summed E-state index contributed by atoms with van der Waals surface area (Å²) >= 11 is 0. The van der Waals surface area contributed by atoms with Crippen LogP contribution in [0.5, 0.6) is 0 Å². The van der Waals surface area contributed by atoms with Gasteiger partial charge in [0.1, 0.15) is 5.82 Å². The van der Waals surface area contributed by atoms with E-state index < -0.39 is 17.5 Å². The number of aromatic nitrogens is 3. The zero-order valence-corrected chi connectivity index (χ0v) is 16.5.